The Kier molecular flexibility index (Phi) is 6.75. The molecular weight excluding hydrogens is 444 g/mol. The molecule has 7 nitrogen and oxygen atoms in total. The summed E-state index contributed by atoms with van der Waals surface area (Å²) in [6.45, 7) is 0.633. The van der Waals surface area contributed by atoms with Gasteiger partial charge in [0, 0.05) is 24.4 Å². The summed E-state index contributed by atoms with van der Waals surface area (Å²) >= 11 is 0. The summed E-state index contributed by atoms with van der Waals surface area (Å²) in [4.78, 5) is 36.4. The lowest BCUT2D eigenvalue weighted by molar-refractivity contribution is -0.138. The number of carboxylic acid groups (broad SMARTS) is 1. The van der Waals surface area contributed by atoms with Crippen molar-refractivity contribution in [3.63, 3.8) is 0 Å². The molecule has 7 heteroatoms. The second-order valence-corrected chi connectivity index (χ2v) is 10.1. The van der Waals surface area contributed by atoms with Gasteiger partial charge in [0.15, 0.2) is 0 Å². The molecule has 3 N–H and O–H groups in total. The Bertz CT molecular complexity index is 1060. The first kappa shape index (κ1) is 23.4. The smallest absolute Gasteiger partial charge is 0.407 e. The maximum Gasteiger partial charge on any atom is 0.407 e. The Hall–Kier alpha value is -3.35. The van der Waals surface area contributed by atoms with Crippen LogP contribution in [0.3, 0.4) is 0 Å². The molecule has 3 aliphatic rings. The number of amides is 2. The third kappa shape index (κ3) is 5.19. The van der Waals surface area contributed by atoms with Crippen LogP contribution in [0.2, 0.25) is 0 Å². The number of fused-ring (bicyclic) bond motifs is 3. The number of rotatable bonds is 9. The fourth-order valence-electron chi connectivity index (χ4n) is 5.83. The van der Waals surface area contributed by atoms with E-state index in [2.05, 4.69) is 34.9 Å². The molecule has 2 aromatic rings. The summed E-state index contributed by atoms with van der Waals surface area (Å²) in [5.41, 5.74) is 4.70. The molecule has 35 heavy (non-hydrogen) atoms. The van der Waals surface area contributed by atoms with Crippen LogP contribution in [0.15, 0.2) is 48.5 Å². The number of carbonyl (C=O) groups is 3. The zero-order chi connectivity index (χ0) is 24.4. The molecule has 2 fully saturated rings. The minimum Gasteiger partial charge on any atom is -0.481 e. The predicted molar refractivity (Wildman–Crippen MR) is 131 cm³/mol. The van der Waals surface area contributed by atoms with E-state index in [1.165, 1.54) is 22.3 Å². The number of carbonyl (C=O) groups excluding carboxylic acids is 2. The molecule has 1 unspecified atom stereocenters. The lowest BCUT2D eigenvalue weighted by atomic mass is 9.95. The van der Waals surface area contributed by atoms with Crippen LogP contribution in [0.25, 0.3) is 11.1 Å². The zero-order valence-corrected chi connectivity index (χ0v) is 19.7. The van der Waals surface area contributed by atoms with Gasteiger partial charge in [-0.05, 0) is 53.4 Å². The van der Waals surface area contributed by atoms with Crippen LogP contribution < -0.4 is 10.6 Å². The van der Waals surface area contributed by atoms with Crippen molar-refractivity contribution in [3.8, 4) is 11.1 Å². The lowest BCUT2D eigenvalue weighted by Crippen LogP contribution is -2.42. The van der Waals surface area contributed by atoms with Crippen molar-refractivity contribution < 1.29 is 24.2 Å². The molecule has 0 spiro atoms. The lowest BCUT2D eigenvalue weighted by Gasteiger charge is -2.23. The Labute approximate surface area is 205 Å². The number of carboxylic acids is 1. The zero-order valence-electron chi connectivity index (χ0n) is 19.7. The summed E-state index contributed by atoms with van der Waals surface area (Å²) in [5.74, 6) is -0.847. The van der Waals surface area contributed by atoms with Crippen LogP contribution in [0, 0.1) is 17.8 Å². The van der Waals surface area contributed by atoms with Gasteiger partial charge in [-0.2, -0.15) is 0 Å². The number of ether oxygens (including phenoxy) is 1. The molecular formula is C28H32N2O5. The third-order valence-electron chi connectivity index (χ3n) is 7.80. The van der Waals surface area contributed by atoms with Gasteiger partial charge in [0.25, 0.3) is 0 Å². The van der Waals surface area contributed by atoms with E-state index < -0.39 is 12.1 Å². The molecule has 3 aliphatic carbocycles. The highest BCUT2D eigenvalue weighted by atomic mass is 16.5. The number of alkyl carbamates (subject to hydrolysis) is 1. The highest BCUT2D eigenvalue weighted by molar-refractivity contribution is 5.83. The van der Waals surface area contributed by atoms with Crippen LogP contribution in [-0.2, 0) is 14.3 Å². The maximum atomic E-state index is 12.7. The third-order valence-corrected chi connectivity index (χ3v) is 7.80. The molecule has 5 rings (SSSR count). The van der Waals surface area contributed by atoms with E-state index in [9.17, 15) is 19.5 Å². The van der Waals surface area contributed by atoms with Crippen molar-refractivity contribution in [2.75, 3.05) is 13.2 Å². The number of benzene rings is 2. The van der Waals surface area contributed by atoms with E-state index in [0.717, 1.165) is 25.7 Å². The molecule has 3 atom stereocenters. The largest absolute Gasteiger partial charge is 0.481 e. The second kappa shape index (κ2) is 10.1. The average molecular weight is 477 g/mol. The molecule has 2 aromatic carbocycles. The highest BCUT2D eigenvalue weighted by Gasteiger charge is 2.44. The minimum atomic E-state index is -0.883. The first-order valence-corrected chi connectivity index (χ1v) is 12.6. The van der Waals surface area contributed by atoms with Crippen molar-refractivity contribution in [2.45, 2.75) is 50.5 Å². The summed E-state index contributed by atoms with van der Waals surface area (Å²) in [6.07, 6.45) is 4.30. The van der Waals surface area contributed by atoms with Gasteiger partial charge < -0.3 is 20.5 Å². The summed E-state index contributed by atoms with van der Waals surface area (Å²) in [7, 11) is 0. The van der Waals surface area contributed by atoms with E-state index in [4.69, 9.17) is 4.74 Å². The topological polar surface area (TPSA) is 105 Å². The summed E-state index contributed by atoms with van der Waals surface area (Å²) in [5, 5.41) is 15.0. The normalized spacial score (nSPS) is 21.6. The SMILES string of the molecule is O=C(O)CC(NC(=O)[C@H]1C[C@H]1CNC(=O)OCC1c2ccccc2-c2ccccc21)C1CCCC1. The average Bonchev–Trinajstić information content (AvgIpc) is 3.29. The van der Waals surface area contributed by atoms with E-state index in [1.54, 1.807) is 0 Å². The van der Waals surface area contributed by atoms with Gasteiger partial charge in [0.05, 0.1) is 6.42 Å². The first-order valence-electron chi connectivity index (χ1n) is 12.6. The molecule has 2 amide bonds. The summed E-state index contributed by atoms with van der Waals surface area (Å²) < 4.78 is 5.57. The quantitative estimate of drug-likeness (QED) is 0.500. The minimum absolute atomic E-state index is 0.00866. The van der Waals surface area contributed by atoms with Crippen molar-refractivity contribution in [2.24, 2.45) is 17.8 Å². The molecule has 0 saturated heterocycles. The number of nitrogens with one attached hydrogen (secondary N) is 2. The van der Waals surface area contributed by atoms with E-state index in [0.29, 0.717) is 13.0 Å². The van der Waals surface area contributed by atoms with Gasteiger partial charge in [0.1, 0.15) is 6.61 Å². The Morgan fingerprint density at radius 2 is 1.60 bits per heavy atom. The highest BCUT2D eigenvalue weighted by Crippen LogP contribution is 2.44. The Morgan fingerprint density at radius 3 is 2.23 bits per heavy atom. The van der Waals surface area contributed by atoms with Crippen LogP contribution in [-0.4, -0.2) is 42.3 Å². The first-order chi connectivity index (χ1) is 17.0. The fraction of sp³-hybridized carbons (Fsp3) is 0.464. The van der Waals surface area contributed by atoms with Crippen LogP contribution in [0.1, 0.15) is 55.6 Å². The van der Waals surface area contributed by atoms with Gasteiger partial charge in [-0.15, -0.1) is 0 Å². The van der Waals surface area contributed by atoms with Gasteiger partial charge >= 0.3 is 12.1 Å². The molecule has 0 bridgehead atoms. The molecule has 184 valence electrons. The number of hydrogen-bond acceptors (Lipinski definition) is 4. The second-order valence-electron chi connectivity index (χ2n) is 10.1. The van der Waals surface area contributed by atoms with Crippen molar-refractivity contribution >= 4 is 18.0 Å². The maximum absolute atomic E-state index is 12.7. The fourth-order valence-corrected chi connectivity index (χ4v) is 5.83. The van der Waals surface area contributed by atoms with E-state index >= 15 is 0 Å². The van der Waals surface area contributed by atoms with Gasteiger partial charge in [-0.1, -0.05) is 61.4 Å². The summed E-state index contributed by atoms with van der Waals surface area (Å²) in [6, 6.07) is 16.1. The van der Waals surface area contributed by atoms with Crippen LogP contribution in [0.4, 0.5) is 4.79 Å². The van der Waals surface area contributed by atoms with Gasteiger partial charge in [-0.3, -0.25) is 9.59 Å². The molecule has 0 heterocycles. The van der Waals surface area contributed by atoms with Crippen molar-refractivity contribution in [3.05, 3.63) is 59.7 Å². The molecule has 0 radical (unpaired) electrons. The van der Waals surface area contributed by atoms with Crippen molar-refractivity contribution in [1.82, 2.24) is 10.6 Å². The number of hydrogen-bond donors (Lipinski definition) is 3. The Balaban J connectivity index is 1.09. The van der Waals surface area contributed by atoms with Crippen molar-refractivity contribution in [1.29, 1.82) is 0 Å². The van der Waals surface area contributed by atoms with Crippen LogP contribution in [0.5, 0.6) is 0 Å². The number of aliphatic carboxylic acids is 1. The van der Waals surface area contributed by atoms with Crippen LogP contribution >= 0.6 is 0 Å². The molecule has 2 saturated carbocycles. The molecule has 0 aliphatic heterocycles. The van der Waals surface area contributed by atoms with Gasteiger partial charge in [-0.25, -0.2) is 4.79 Å². The standard InChI is InChI=1S/C28H32N2O5/c31-26(32)14-25(17-7-1-2-8-17)30-27(33)23-13-18(23)15-29-28(34)35-16-24-21-11-5-3-9-19(21)20-10-4-6-12-22(20)24/h3-6,9-12,17-18,23-25H,1-2,7-8,13-16H2,(H,29,34)(H,30,33)(H,31,32)/t18-,23-,25?/m0/s1. The van der Waals surface area contributed by atoms with E-state index in [1.807, 2.05) is 24.3 Å². The van der Waals surface area contributed by atoms with Gasteiger partial charge in [0.2, 0.25) is 5.91 Å². The molecule has 0 aromatic heterocycles. The Morgan fingerprint density at radius 1 is 0.971 bits per heavy atom. The predicted octanol–water partition coefficient (Wildman–Crippen LogP) is 4.31. The van der Waals surface area contributed by atoms with E-state index in [-0.39, 0.29) is 48.6 Å². The monoisotopic (exact) mass is 476 g/mol.